The molecule has 0 unspecified atom stereocenters. The highest BCUT2D eigenvalue weighted by atomic mass is 32.1. The van der Waals surface area contributed by atoms with E-state index < -0.39 is 5.97 Å². The lowest BCUT2D eigenvalue weighted by molar-refractivity contribution is -0.131. The number of hydrogen-bond acceptors (Lipinski definition) is 3. The third kappa shape index (κ3) is 3.14. The lowest BCUT2D eigenvalue weighted by atomic mass is 10.3. The number of aromatic nitrogens is 1. The number of nitrogens with zero attached hydrogens (tertiary/aromatic N) is 1. The molecule has 0 saturated carbocycles. The summed E-state index contributed by atoms with van der Waals surface area (Å²) in [6.45, 7) is 3.88. The number of allylic oxidation sites excluding steroid dienone is 2. The fourth-order valence-electron chi connectivity index (χ4n) is 0.983. The van der Waals surface area contributed by atoms with Gasteiger partial charge in [0, 0.05) is 6.08 Å². The normalized spacial score (nSPS) is 11.6. The molecule has 0 aliphatic heterocycles. The van der Waals surface area contributed by atoms with Crippen LogP contribution in [0.15, 0.2) is 18.2 Å². The molecule has 0 aliphatic carbocycles. The molecule has 0 radical (unpaired) electrons. The Morgan fingerprint density at radius 2 is 2.14 bits per heavy atom. The summed E-state index contributed by atoms with van der Waals surface area (Å²) in [5, 5.41) is 9.36. The molecule has 1 aromatic rings. The van der Waals surface area contributed by atoms with Crippen molar-refractivity contribution in [1.82, 2.24) is 4.98 Å². The summed E-state index contributed by atoms with van der Waals surface area (Å²) in [5.74, 6) is -0.938. The van der Waals surface area contributed by atoms with E-state index in [1.807, 2.05) is 19.9 Å². The maximum absolute atomic E-state index is 10.2. The van der Waals surface area contributed by atoms with E-state index in [-0.39, 0.29) is 0 Å². The van der Waals surface area contributed by atoms with E-state index in [0.717, 1.165) is 21.7 Å². The van der Waals surface area contributed by atoms with Crippen LogP contribution in [0.25, 0.3) is 6.08 Å². The summed E-state index contributed by atoms with van der Waals surface area (Å²) in [5.41, 5.74) is 0.979. The van der Waals surface area contributed by atoms with Crippen molar-refractivity contribution in [3.63, 3.8) is 0 Å². The molecule has 1 aromatic heterocycles. The quantitative estimate of drug-likeness (QED) is 0.614. The summed E-state index contributed by atoms with van der Waals surface area (Å²) >= 11 is 1.59. The Kier molecular flexibility index (Phi) is 3.59. The molecule has 3 nitrogen and oxygen atoms in total. The summed E-state index contributed by atoms with van der Waals surface area (Å²) in [7, 11) is 0. The van der Waals surface area contributed by atoms with Crippen LogP contribution in [-0.4, -0.2) is 16.1 Å². The molecule has 14 heavy (non-hydrogen) atoms. The highest BCUT2D eigenvalue weighted by Gasteiger charge is 1.99. The Balaban J connectivity index is 2.69. The number of carboxylic acids is 1. The van der Waals surface area contributed by atoms with Gasteiger partial charge < -0.3 is 5.11 Å². The zero-order valence-corrected chi connectivity index (χ0v) is 8.84. The van der Waals surface area contributed by atoms with E-state index in [4.69, 9.17) is 5.11 Å². The van der Waals surface area contributed by atoms with Crippen LogP contribution in [0.3, 0.4) is 0 Å². The first-order valence-corrected chi connectivity index (χ1v) is 4.93. The number of aryl methyl sites for hydroxylation is 2. The molecule has 0 saturated heterocycles. The Bertz CT molecular complexity index is 391. The van der Waals surface area contributed by atoms with Crippen molar-refractivity contribution in [2.75, 3.05) is 0 Å². The lowest BCUT2D eigenvalue weighted by Crippen LogP contribution is -1.84. The molecular weight excluding hydrogens is 198 g/mol. The lowest BCUT2D eigenvalue weighted by Gasteiger charge is -1.84. The van der Waals surface area contributed by atoms with Crippen molar-refractivity contribution < 1.29 is 9.90 Å². The smallest absolute Gasteiger partial charge is 0.328 e. The van der Waals surface area contributed by atoms with Crippen molar-refractivity contribution in [3.8, 4) is 0 Å². The molecule has 1 N–H and O–H groups in total. The van der Waals surface area contributed by atoms with Crippen LogP contribution in [-0.2, 0) is 4.79 Å². The minimum absolute atomic E-state index is 0.938. The van der Waals surface area contributed by atoms with E-state index in [1.165, 1.54) is 6.08 Å². The van der Waals surface area contributed by atoms with Gasteiger partial charge in [-0.25, -0.2) is 9.78 Å². The van der Waals surface area contributed by atoms with Crippen molar-refractivity contribution in [2.24, 2.45) is 0 Å². The number of carbonyl (C=O) groups is 1. The molecular formula is C10H11NO2S. The van der Waals surface area contributed by atoms with Crippen LogP contribution in [0, 0.1) is 13.8 Å². The predicted molar refractivity (Wildman–Crippen MR) is 57.4 cm³/mol. The highest BCUT2D eigenvalue weighted by Crippen LogP contribution is 2.18. The summed E-state index contributed by atoms with van der Waals surface area (Å²) in [6.07, 6.45) is 6.16. The van der Waals surface area contributed by atoms with E-state index in [9.17, 15) is 4.79 Å². The van der Waals surface area contributed by atoms with Crippen LogP contribution in [0.4, 0.5) is 0 Å². The average Bonchev–Trinajstić information content (AvgIpc) is 2.39. The van der Waals surface area contributed by atoms with Crippen LogP contribution in [0.5, 0.6) is 0 Å². The van der Waals surface area contributed by atoms with Gasteiger partial charge in [0.15, 0.2) is 0 Å². The number of carboxylic acid groups (broad SMARTS) is 1. The summed E-state index contributed by atoms with van der Waals surface area (Å²) in [4.78, 5) is 15.5. The van der Waals surface area contributed by atoms with Gasteiger partial charge in [-0.3, -0.25) is 0 Å². The van der Waals surface area contributed by atoms with Crippen molar-refractivity contribution >= 4 is 23.4 Å². The van der Waals surface area contributed by atoms with Gasteiger partial charge in [0.2, 0.25) is 0 Å². The zero-order valence-electron chi connectivity index (χ0n) is 8.02. The first-order valence-electron chi connectivity index (χ1n) is 4.11. The monoisotopic (exact) mass is 209 g/mol. The fraction of sp³-hybridized carbons (Fsp3) is 0.200. The number of thiazole rings is 1. The topological polar surface area (TPSA) is 50.2 Å². The predicted octanol–water partition coefficient (Wildman–Crippen LogP) is 2.41. The Morgan fingerprint density at radius 3 is 2.64 bits per heavy atom. The van der Waals surface area contributed by atoms with Crippen molar-refractivity contribution in [3.05, 3.63) is 33.8 Å². The molecule has 0 aromatic carbocycles. The summed E-state index contributed by atoms with van der Waals surface area (Å²) in [6, 6.07) is 0. The molecule has 0 bridgehead atoms. The van der Waals surface area contributed by atoms with E-state index in [0.29, 0.717) is 0 Å². The maximum Gasteiger partial charge on any atom is 0.328 e. The second-order valence-electron chi connectivity index (χ2n) is 2.74. The molecule has 74 valence electrons. The fourth-order valence-corrected chi connectivity index (χ4v) is 1.82. The summed E-state index contributed by atoms with van der Waals surface area (Å²) < 4.78 is 0. The van der Waals surface area contributed by atoms with Crippen LogP contribution in [0.1, 0.15) is 15.6 Å². The molecule has 0 fully saturated rings. The van der Waals surface area contributed by atoms with Gasteiger partial charge >= 0.3 is 5.97 Å². The van der Waals surface area contributed by atoms with E-state index in [2.05, 4.69) is 4.98 Å². The van der Waals surface area contributed by atoms with Gasteiger partial charge in [-0.2, -0.15) is 0 Å². The molecule has 4 heteroatoms. The van der Waals surface area contributed by atoms with Gasteiger partial charge in [-0.15, -0.1) is 11.3 Å². The first-order chi connectivity index (χ1) is 6.59. The first kappa shape index (κ1) is 10.7. The van der Waals surface area contributed by atoms with Crippen LogP contribution < -0.4 is 0 Å². The minimum atomic E-state index is -0.938. The van der Waals surface area contributed by atoms with Gasteiger partial charge in [0.25, 0.3) is 0 Å². The highest BCUT2D eigenvalue weighted by molar-refractivity contribution is 7.12. The largest absolute Gasteiger partial charge is 0.478 e. The zero-order chi connectivity index (χ0) is 10.6. The van der Waals surface area contributed by atoms with Gasteiger partial charge in [-0.1, -0.05) is 12.2 Å². The van der Waals surface area contributed by atoms with E-state index in [1.54, 1.807) is 17.4 Å². The Hall–Kier alpha value is -1.42. The molecule has 0 amide bonds. The molecule has 1 rings (SSSR count). The third-order valence-electron chi connectivity index (χ3n) is 1.54. The maximum atomic E-state index is 10.2. The molecule has 0 spiro atoms. The standard InChI is InChI=1S/C10H11NO2S/c1-7-9(14-8(2)11-7)5-3-4-6-10(12)13/h3-6H,1-2H3,(H,12,13)/b5-3+,6-4+. The van der Waals surface area contributed by atoms with Crippen molar-refractivity contribution in [1.29, 1.82) is 0 Å². The average molecular weight is 209 g/mol. The third-order valence-corrected chi connectivity index (χ3v) is 2.58. The number of aliphatic carboxylic acids is 1. The number of rotatable bonds is 3. The molecule has 1 heterocycles. The second kappa shape index (κ2) is 4.72. The minimum Gasteiger partial charge on any atom is -0.478 e. The van der Waals surface area contributed by atoms with Gasteiger partial charge in [-0.05, 0) is 19.9 Å². The van der Waals surface area contributed by atoms with Crippen LogP contribution in [0.2, 0.25) is 0 Å². The SMILES string of the molecule is Cc1nc(C)c(/C=C/C=C/C(=O)O)s1. The van der Waals surface area contributed by atoms with Crippen molar-refractivity contribution in [2.45, 2.75) is 13.8 Å². The van der Waals surface area contributed by atoms with Gasteiger partial charge in [0.1, 0.15) is 0 Å². The second-order valence-corrected chi connectivity index (χ2v) is 3.97. The number of hydrogen-bond donors (Lipinski definition) is 1. The van der Waals surface area contributed by atoms with Gasteiger partial charge in [0.05, 0.1) is 15.6 Å². The Labute approximate surface area is 86.4 Å². The molecule has 0 aliphatic rings. The van der Waals surface area contributed by atoms with Crippen LogP contribution >= 0.6 is 11.3 Å². The van der Waals surface area contributed by atoms with E-state index >= 15 is 0 Å². The Morgan fingerprint density at radius 1 is 1.43 bits per heavy atom. The molecule has 0 atom stereocenters.